The van der Waals surface area contributed by atoms with Crippen LogP contribution in [0.25, 0.3) is 6.08 Å². The average Bonchev–Trinajstić information content (AvgIpc) is 3.07. The van der Waals surface area contributed by atoms with Crippen LogP contribution in [0.1, 0.15) is 22.3 Å². The Bertz CT molecular complexity index is 853. The minimum absolute atomic E-state index is 0.462. The first-order valence-electron chi connectivity index (χ1n) is 8.44. The van der Waals surface area contributed by atoms with Crippen molar-refractivity contribution in [3.63, 3.8) is 0 Å². The quantitative estimate of drug-likeness (QED) is 0.570. The average molecular weight is 328 g/mol. The lowest BCUT2D eigenvalue weighted by atomic mass is 10.00. The van der Waals surface area contributed by atoms with Gasteiger partial charge in [0, 0.05) is 0 Å². The summed E-state index contributed by atoms with van der Waals surface area (Å²) in [5, 5.41) is 4.44. The summed E-state index contributed by atoms with van der Waals surface area (Å²) in [5.74, 6) is 0. The fraction of sp³-hybridized carbons (Fsp3) is 0.130. The van der Waals surface area contributed by atoms with E-state index in [9.17, 15) is 0 Å². The molecule has 0 heterocycles. The molecule has 0 aromatic heterocycles. The topological polar surface area (TPSA) is 0 Å². The van der Waals surface area contributed by atoms with Crippen molar-refractivity contribution in [1.29, 1.82) is 0 Å². The predicted octanol–water partition coefficient (Wildman–Crippen LogP) is 5.33. The maximum absolute atomic E-state index is 2.46. The van der Waals surface area contributed by atoms with Gasteiger partial charge in [-0.3, -0.25) is 0 Å². The van der Waals surface area contributed by atoms with Crippen molar-refractivity contribution in [2.75, 3.05) is 0 Å². The zero-order valence-electron chi connectivity index (χ0n) is 14.2. The molecule has 0 amide bonds. The summed E-state index contributed by atoms with van der Waals surface area (Å²) >= 11 is 0. The molecule has 1 aliphatic carbocycles. The summed E-state index contributed by atoms with van der Waals surface area (Å²) in [6.07, 6.45) is 3.54. The molecular formula is C23H21P. The zero-order chi connectivity index (χ0) is 16.5. The highest BCUT2D eigenvalue weighted by molar-refractivity contribution is 7.77. The fourth-order valence-electron chi connectivity index (χ4n) is 3.50. The lowest BCUT2D eigenvalue weighted by molar-refractivity contribution is 1.21. The van der Waals surface area contributed by atoms with E-state index >= 15 is 0 Å². The number of benzene rings is 3. The lowest BCUT2D eigenvalue weighted by Gasteiger charge is -2.20. The van der Waals surface area contributed by atoms with E-state index in [1.165, 1.54) is 32.9 Å². The highest BCUT2D eigenvalue weighted by Crippen LogP contribution is 2.49. The van der Waals surface area contributed by atoms with Crippen molar-refractivity contribution in [3.8, 4) is 0 Å². The van der Waals surface area contributed by atoms with Gasteiger partial charge in [0.25, 0.3) is 0 Å². The van der Waals surface area contributed by atoms with Gasteiger partial charge in [-0.15, -0.1) is 0 Å². The zero-order valence-corrected chi connectivity index (χ0v) is 15.1. The maximum atomic E-state index is 2.46. The van der Waals surface area contributed by atoms with E-state index in [-0.39, 0.29) is 0 Å². The smallest absolute Gasteiger partial charge is 0.000612 e. The molecule has 1 heteroatoms. The molecule has 3 aromatic rings. The summed E-state index contributed by atoms with van der Waals surface area (Å²) in [5.41, 5.74) is 5.77. The van der Waals surface area contributed by atoms with Gasteiger partial charge in [-0.05, 0) is 72.4 Å². The molecule has 0 fully saturated rings. The van der Waals surface area contributed by atoms with Crippen LogP contribution >= 0.6 is 7.92 Å². The van der Waals surface area contributed by atoms with Gasteiger partial charge in [-0.2, -0.15) is 0 Å². The Morgan fingerprint density at radius 3 is 1.75 bits per heavy atom. The molecule has 0 spiro atoms. The Balaban J connectivity index is 1.83. The van der Waals surface area contributed by atoms with Gasteiger partial charge in [-0.25, -0.2) is 0 Å². The van der Waals surface area contributed by atoms with Gasteiger partial charge in [0.1, 0.15) is 0 Å². The molecule has 0 saturated heterocycles. The lowest BCUT2D eigenvalue weighted by Crippen LogP contribution is -2.12. The van der Waals surface area contributed by atoms with Crippen LogP contribution in [-0.2, 0) is 6.42 Å². The molecule has 3 aromatic carbocycles. The maximum Gasteiger partial charge on any atom is -0.000612 e. The molecule has 0 atom stereocenters. The molecule has 0 saturated carbocycles. The number of aryl methyl sites for hydroxylation is 2. The van der Waals surface area contributed by atoms with Crippen molar-refractivity contribution in [2.45, 2.75) is 20.3 Å². The standard InChI is InChI=1S/C23H21P/c1-17-13-14-18(2)23-16-21(15-22(17)23)24(19-9-5-3-6-10-19)20-11-7-4-8-12-20/h3-15H,16H2,1-2H3. The second-order valence-electron chi connectivity index (χ2n) is 6.41. The highest BCUT2D eigenvalue weighted by Gasteiger charge is 2.25. The van der Waals surface area contributed by atoms with E-state index in [4.69, 9.17) is 0 Å². The number of fused-ring (bicyclic) bond motifs is 1. The van der Waals surface area contributed by atoms with Crippen LogP contribution < -0.4 is 10.6 Å². The Morgan fingerprint density at radius 1 is 0.667 bits per heavy atom. The minimum Gasteiger partial charge on any atom is -0.0622 e. The van der Waals surface area contributed by atoms with Gasteiger partial charge in [0.15, 0.2) is 0 Å². The molecule has 0 radical (unpaired) electrons. The van der Waals surface area contributed by atoms with E-state index in [1.54, 1.807) is 5.31 Å². The normalized spacial score (nSPS) is 13.0. The van der Waals surface area contributed by atoms with Crippen LogP contribution in [0, 0.1) is 13.8 Å². The van der Waals surface area contributed by atoms with Gasteiger partial charge < -0.3 is 0 Å². The SMILES string of the molecule is Cc1ccc(C)c2c1C=C(P(c1ccccc1)c1ccccc1)C2. The third kappa shape index (κ3) is 2.72. The molecule has 1 aliphatic rings. The second-order valence-corrected chi connectivity index (χ2v) is 8.69. The van der Waals surface area contributed by atoms with Crippen LogP contribution in [0.2, 0.25) is 0 Å². The Labute approximate surface area is 145 Å². The number of hydrogen-bond acceptors (Lipinski definition) is 0. The molecule has 118 valence electrons. The van der Waals surface area contributed by atoms with Crippen molar-refractivity contribution in [3.05, 3.63) is 100 Å². The predicted molar refractivity (Wildman–Crippen MR) is 107 cm³/mol. The van der Waals surface area contributed by atoms with Crippen LogP contribution in [0.4, 0.5) is 0 Å². The second kappa shape index (κ2) is 6.38. The third-order valence-electron chi connectivity index (χ3n) is 4.79. The summed E-state index contributed by atoms with van der Waals surface area (Å²) in [7, 11) is -0.462. The molecule has 0 bridgehead atoms. The van der Waals surface area contributed by atoms with Crippen molar-refractivity contribution in [1.82, 2.24) is 0 Å². The summed E-state index contributed by atoms with van der Waals surface area (Å²) < 4.78 is 0. The van der Waals surface area contributed by atoms with Gasteiger partial charge in [0.05, 0.1) is 0 Å². The van der Waals surface area contributed by atoms with E-state index in [0.717, 1.165) is 6.42 Å². The summed E-state index contributed by atoms with van der Waals surface area (Å²) in [6.45, 7) is 4.47. The largest absolute Gasteiger partial charge is 0.0622 e. The Morgan fingerprint density at radius 2 is 1.21 bits per heavy atom. The Hall–Kier alpha value is -2.17. The number of allylic oxidation sites excluding steroid dienone is 1. The summed E-state index contributed by atoms with van der Waals surface area (Å²) in [6, 6.07) is 26.5. The van der Waals surface area contributed by atoms with E-state index in [0.29, 0.717) is 0 Å². The molecule has 0 unspecified atom stereocenters. The number of hydrogen-bond donors (Lipinski definition) is 0. The first kappa shape index (κ1) is 15.4. The van der Waals surface area contributed by atoms with Crippen LogP contribution in [0.15, 0.2) is 78.1 Å². The van der Waals surface area contributed by atoms with E-state index < -0.39 is 7.92 Å². The highest BCUT2D eigenvalue weighted by atomic mass is 31.1. The molecule has 0 N–H and O–H groups in total. The van der Waals surface area contributed by atoms with Crippen molar-refractivity contribution < 1.29 is 0 Å². The number of rotatable bonds is 3. The summed E-state index contributed by atoms with van der Waals surface area (Å²) in [4.78, 5) is 0. The molecular weight excluding hydrogens is 307 g/mol. The van der Waals surface area contributed by atoms with Crippen LogP contribution in [0.5, 0.6) is 0 Å². The first-order valence-corrected chi connectivity index (χ1v) is 9.78. The van der Waals surface area contributed by atoms with Gasteiger partial charge >= 0.3 is 0 Å². The molecule has 24 heavy (non-hydrogen) atoms. The molecule has 0 nitrogen and oxygen atoms in total. The fourth-order valence-corrected chi connectivity index (χ4v) is 5.98. The molecule has 4 rings (SSSR count). The van der Waals surface area contributed by atoms with Crippen molar-refractivity contribution in [2.24, 2.45) is 0 Å². The minimum atomic E-state index is -0.462. The van der Waals surface area contributed by atoms with Crippen LogP contribution in [-0.4, -0.2) is 0 Å². The Kier molecular flexibility index (Phi) is 4.08. The van der Waals surface area contributed by atoms with Crippen LogP contribution in [0.3, 0.4) is 0 Å². The van der Waals surface area contributed by atoms with Gasteiger partial charge in [-0.1, -0.05) is 72.8 Å². The van der Waals surface area contributed by atoms with Crippen molar-refractivity contribution >= 4 is 24.6 Å². The van der Waals surface area contributed by atoms with Gasteiger partial charge in [0.2, 0.25) is 0 Å². The first-order chi connectivity index (χ1) is 11.7. The monoisotopic (exact) mass is 328 g/mol. The molecule has 0 aliphatic heterocycles. The third-order valence-corrected chi connectivity index (χ3v) is 7.28. The van der Waals surface area contributed by atoms with E-state index in [2.05, 4.69) is 92.7 Å². The van der Waals surface area contributed by atoms with E-state index in [1.807, 2.05) is 0 Å².